The van der Waals surface area contributed by atoms with E-state index in [1.54, 1.807) is 11.8 Å². The highest BCUT2D eigenvalue weighted by Gasteiger charge is 2.19. The largest absolute Gasteiger partial charge is 0.351 e. The number of hydrogen-bond donors (Lipinski definition) is 1. The third-order valence-electron chi connectivity index (χ3n) is 1.92. The lowest BCUT2D eigenvalue weighted by atomic mass is 10.1. The van der Waals surface area contributed by atoms with Gasteiger partial charge in [-0.25, -0.2) is 0 Å². The van der Waals surface area contributed by atoms with Gasteiger partial charge in [0.1, 0.15) is 0 Å². The topological polar surface area (TPSA) is 29.1 Å². The molecule has 1 rings (SSSR count). The lowest BCUT2D eigenvalue weighted by Gasteiger charge is -2.23. The molecule has 0 saturated heterocycles. The molecule has 2 nitrogen and oxygen atoms in total. The van der Waals surface area contributed by atoms with Gasteiger partial charge in [0, 0.05) is 10.4 Å². The zero-order chi connectivity index (χ0) is 12.2. The van der Waals surface area contributed by atoms with Gasteiger partial charge >= 0.3 is 0 Å². The zero-order valence-corrected chi connectivity index (χ0v) is 11.1. The van der Waals surface area contributed by atoms with Gasteiger partial charge in [0.15, 0.2) is 0 Å². The monoisotopic (exact) mass is 237 g/mol. The Morgan fingerprint density at radius 3 is 2.31 bits per heavy atom. The van der Waals surface area contributed by atoms with Crippen LogP contribution in [0.4, 0.5) is 0 Å². The zero-order valence-electron chi connectivity index (χ0n) is 10.3. The Morgan fingerprint density at radius 1 is 1.25 bits per heavy atom. The molecule has 0 aromatic heterocycles. The molecule has 0 aliphatic rings. The normalized spacial score (nSPS) is 13.2. The predicted octanol–water partition coefficient (Wildman–Crippen LogP) is 3.08. The van der Waals surface area contributed by atoms with Crippen molar-refractivity contribution in [2.24, 2.45) is 0 Å². The first kappa shape index (κ1) is 13.1. The number of carbonyl (C=O) groups excluding carboxylic acids is 1. The molecular weight excluding hydrogens is 218 g/mol. The van der Waals surface area contributed by atoms with Crippen molar-refractivity contribution in [3.63, 3.8) is 0 Å². The number of nitrogens with one attached hydrogen (secondary N) is 1. The Morgan fingerprint density at radius 2 is 1.81 bits per heavy atom. The van der Waals surface area contributed by atoms with E-state index in [0.717, 1.165) is 4.90 Å². The van der Waals surface area contributed by atoms with Crippen LogP contribution in [0, 0.1) is 0 Å². The fourth-order valence-corrected chi connectivity index (χ4v) is 2.12. The number of amides is 1. The minimum Gasteiger partial charge on any atom is -0.351 e. The van der Waals surface area contributed by atoms with Gasteiger partial charge in [0.25, 0.3) is 0 Å². The van der Waals surface area contributed by atoms with Gasteiger partial charge in [-0.1, -0.05) is 18.2 Å². The molecular formula is C13H19NOS. The molecule has 0 fully saturated rings. The van der Waals surface area contributed by atoms with E-state index in [-0.39, 0.29) is 16.7 Å². The summed E-state index contributed by atoms with van der Waals surface area (Å²) in [4.78, 5) is 13.0. The Bertz CT molecular complexity index is 343. The van der Waals surface area contributed by atoms with Gasteiger partial charge < -0.3 is 5.32 Å². The molecule has 0 saturated carbocycles. The van der Waals surface area contributed by atoms with Crippen LogP contribution in [0.1, 0.15) is 27.7 Å². The summed E-state index contributed by atoms with van der Waals surface area (Å²) in [6.45, 7) is 7.90. The maximum absolute atomic E-state index is 11.8. The minimum atomic E-state index is -0.164. The van der Waals surface area contributed by atoms with Crippen LogP contribution in [0.2, 0.25) is 0 Å². The first-order valence-electron chi connectivity index (χ1n) is 5.42. The van der Waals surface area contributed by atoms with Gasteiger partial charge in [0.05, 0.1) is 5.25 Å². The molecule has 0 radical (unpaired) electrons. The first-order chi connectivity index (χ1) is 7.38. The summed E-state index contributed by atoms with van der Waals surface area (Å²) in [7, 11) is 0. The van der Waals surface area contributed by atoms with Crippen LogP contribution in [-0.4, -0.2) is 16.7 Å². The van der Waals surface area contributed by atoms with E-state index in [0.29, 0.717) is 0 Å². The van der Waals surface area contributed by atoms with Crippen LogP contribution in [0.5, 0.6) is 0 Å². The van der Waals surface area contributed by atoms with Crippen molar-refractivity contribution in [1.29, 1.82) is 0 Å². The number of carbonyl (C=O) groups is 1. The summed E-state index contributed by atoms with van der Waals surface area (Å²) in [5.74, 6) is 0.0846. The smallest absolute Gasteiger partial charge is 0.233 e. The van der Waals surface area contributed by atoms with Crippen LogP contribution in [0.15, 0.2) is 35.2 Å². The second-order valence-electron chi connectivity index (χ2n) is 4.81. The highest BCUT2D eigenvalue weighted by atomic mass is 32.2. The van der Waals surface area contributed by atoms with Gasteiger partial charge in [-0.3, -0.25) is 4.79 Å². The molecule has 1 aromatic carbocycles. The maximum Gasteiger partial charge on any atom is 0.233 e. The summed E-state index contributed by atoms with van der Waals surface area (Å²) >= 11 is 1.58. The van der Waals surface area contributed by atoms with Crippen molar-refractivity contribution in [3.8, 4) is 0 Å². The van der Waals surface area contributed by atoms with E-state index < -0.39 is 0 Å². The second kappa shape index (κ2) is 5.39. The van der Waals surface area contributed by atoms with Gasteiger partial charge in [-0.2, -0.15) is 0 Å². The molecule has 0 aliphatic carbocycles. The van der Waals surface area contributed by atoms with Gasteiger partial charge in [-0.05, 0) is 39.8 Å². The fourth-order valence-electron chi connectivity index (χ4n) is 1.23. The van der Waals surface area contributed by atoms with E-state index in [1.165, 1.54) is 0 Å². The van der Waals surface area contributed by atoms with E-state index in [2.05, 4.69) is 5.32 Å². The molecule has 0 unspecified atom stereocenters. The predicted molar refractivity (Wildman–Crippen MR) is 69.7 cm³/mol. The van der Waals surface area contributed by atoms with Crippen molar-refractivity contribution in [2.75, 3.05) is 0 Å². The second-order valence-corrected chi connectivity index (χ2v) is 6.23. The molecule has 1 aromatic rings. The molecule has 1 N–H and O–H groups in total. The van der Waals surface area contributed by atoms with Crippen LogP contribution < -0.4 is 5.32 Å². The molecule has 0 heterocycles. The number of benzene rings is 1. The molecule has 16 heavy (non-hydrogen) atoms. The maximum atomic E-state index is 11.8. The Kier molecular flexibility index (Phi) is 4.42. The van der Waals surface area contributed by atoms with E-state index in [1.807, 2.05) is 58.0 Å². The fraction of sp³-hybridized carbons (Fsp3) is 0.462. The lowest BCUT2D eigenvalue weighted by Crippen LogP contribution is -2.44. The summed E-state index contributed by atoms with van der Waals surface area (Å²) in [6.07, 6.45) is 0. The molecule has 0 bridgehead atoms. The molecule has 0 aliphatic heterocycles. The van der Waals surface area contributed by atoms with Crippen LogP contribution >= 0.6 is 11.8 Å². The summed E-state index contributed by atoms with van der Waals surface area (Å²) in [5.41, 5.74) is -0.164. The third kappa shape index (κ3) is 4.71. The molecule has 1 atom stereocenters. The third-order valence-corrected chi connectivity index (χ3v) is 3.04. The van der Waals surface area contributed by atoms with Crippen molar-refractivity contribution >= 4 is 17.7 Å². The first-order valence-corrected chi connectivity index (χ1v) is 6.30. The lowest BCUT2D eigenvalue weighted by molar-refractivity contribution is -0.121. The van der Waals surface area contributed by atoms with Crippen molar-refractivity contribution < 1.29 is 4.79 Å². The average molecular weight is 237 g/mol. The SMILES string of the molecule is C[C@@H](Sc1ccccc1)C(=O)NC(C)(C)C. The molecule has 0 spiro atoms. The van der Waals surface area contributed by atoms with E-state index in [9.17, 15) is 4.79 Å². The van der Waals surface area contributed by atoms with E-state index in [4.69, 9.17) is 0 Å². The molecule has 3 heteroatoms. The van der Waals surface area contributed by atoms with Crippen molar-refractivity contribution in [1.82, 2.24) is 5.32 Å². The summed E-state index contributed by atoms with van der Waals surface area (Å²) in [6, 6.07) is 9.98. The Hall–Kier alpha value is -0.960. The Labute approximate surface area is 102 Å². The van der Waals surface area contributed by atoms with Crippen LogP contribution in [0.25, 0.3) is 0 Å². The quantitative estimate of drug-likeness (QED) is 0.819. The van der Waals surface area contributed by atoms with Gasteiger partial charge in [-0.15, -0.1) is 11.8 Å². The number of hydrogen-bond acceptors (Lipinski definition) is 2. The van der Waals surface area contributed by atoms with Crippen LogP contribution in [-0.2, 0) is 4.79 Å². The van der Waals surface area contributed by atoms with Crippen LogP contribution in [0.3, 0.4) is 0 Å². The molecule has 88 valence electrons. The average Bonchev–Trinajstić information content (AvgIpc) is 2.16. The highest BCUT2D eigenvalue weighted by molar-refractivity contribution is 8.00. The summed E-state index contributed by atoms with van der Waals surface area (Å²) < 4.78 is 0. The number of rotatable bonds is 3. The van der Waals surface area contributed by atoms with Gasteiger partial charge in [0.2, 0.25) is 5.91 Å². The van der Waals surface area contributed by atoms with Crippen molar-refractivity contribution in [3.05, 3.63) is 30.3 Å². The standard InChI is InChI=1S/C13H19NOS/c1-10(12(15)14-13(2,3)4)16-11-8-6-5-7-9-11/h5-10H,1-4H3,(H,14,15)/t10-/m1/s1. The number of thioether (sulfide) groups is 1. The van der Waals surface area contributed by atoms with Crippen molar-refractivity contribution in [2.45, 2.75) is 43.4 Å². The highest BCUT2D eigenvalue weighted by Crippen LogP contribution is 2.23. The molecule has 1 amide bonds. The Balaban J connectivity index is 2.53. The summed E-state index contributed by atoms with van der Waals surface area (Å²) in [5, 5.41) is 2.91. The minimum absolute atomic E-state index is 0.0679. The van der Waals surface area contributed by atoms with E-state index >= 15 is 0 Å².